The Balaban J connectivity index is 1.80. The Morgan fingerprint density at radius 3 is 2.64 bits per heavy atom. The van der Waals surface area contributed by atoms with Gasteiger partial charge in [0, 0.05) is 20.3 Å². The first-order chi connectivity index (χ1) is 13.6. The summed E-state index contributed by atoms with van der Waals surface area (Å²) in [6.07, 6.45) is 2.09. The summed E-state index contributed by atoms with van der Waals surface area (Å²) in [6.45, 7) is 3.38. The summed E-state index contributed by atoms with van der Waals surface area (Å²) in [7, 11) is 1.58. The van der Waals surface area contributed by atoms with Gasteiger partial charge >= 0.3 is 11.8 Å². The zero-order valence-corrected chi connectivity index (χ0v) is 16.1. The number of aryl methyl sites for hydroxylation is 1. The van der Waals surface area contributed by atoms with Gasteiger partial charge in [0.05, 0.1) is 6.21 Å². The number of hydrogen-bond acceptors (Lipinski definition) is 5. The van der Waals surface area contributed by atoms with Crippen LogP contribution in [-0.4, -0.2) is 38.3 Å². The Morgan fingerprint density at radius 2 is 1.89 bits per heavy atom. The summed E-state index contributed by atoms with van der Waals surface area (Å²) < 4.78 is 10.6. The lowest BCUT2D eigenvalue weighted by Crippen LogP contribution is -2.38. The van der Waals surface area contributed by atoms with Gasteiger partial charge in [-0.1, -0.05) is 42.0 Å². The van der Waals surface area contributed by atoms with Crippen molar-refractivity contribution in [2.45, 2.75) is 20.0 Å². The molecule has 7 heteroatoms. The van der Waals surface area contributed by atoms with Gasteiger partial charge in [-0.15, -0.1) is 0 Å². The van der Waals surface area contributed by atoms with Crippen LogP contribution in [0.5, 0.6) is 5.75 Å². The molecule has 0 heterocycles. The number of hydrogen-bond donors (Lipinski definition) is 2. The normalized spacial score (nSPS) is 10.6. The highest BCUT2D eigenvalue weighted by molar-refractivity contribution is 6.35. The third-order valence-electron chi connectivity index (χ3n) is 3.78. The number of amides is 2. The van der Waals surface area contributed by atoms with Crippen molar-refractivity contribution in [3.05, 3.63) is 65.2 Å². The Hall–Kier alpha value is -3.19. The van der Waals surface area contributed by atoms with Gasteiger partial charge in [0.1, 0.15) is 12.4 Å². The smallest absolute Gasteiger partial charge is 0.329 e. The van der Waals surface area contributed by atoms with E-state index >= 15 is 0 Å². The van der Waals surface area contributed by atoms with E-state index in [-0.39, 0.29) is 0 Å². The van der Waals surface area contributed by atoms with Crippen LogP contribution < -0.4 is 15.5 Å². The molecular weight excluding hydrogens is 358 g/mol. The number of ether oxygens (including phenoxy) is 2. The maximum Gasteiger partial charge on any atom is 0.329 e. The topological polar surface area (TPSA) is 89.0 Å². The van der Waals surface area contributed by atoms with E-state index in [0.717, 1.165) is 11.1 Å². The highest BCUT2D eigenvalue weighted by Gasteiger charge is 2.11. The first-order valence-corrected chi connectivity index (χ1v) is 8.97. The lowest BCUT2D eigenvalue weighted by atomic mass is 10.2. The largest absolute Gasteiger partial charge is 0.489 e. The first-order valence-electron chi connectivity index (χ1n) is 8.97. The van der Waals surface area contributed by atoms with Gasteiger partial charge < -0.3 is 14.8 Å². The molecule has 2 rings (SSSR count). The molecular formula is C21H25N3O4. The molecule has 0 aliphatic carbocycles. The van der Waals surface area contributed by atoms with Crippen molar-refractivity contribution in [1.29, 1.82) is 0 Å². The molecule has 148 valence electrons. The molecule has 0 saturated heterocycles. The van der Waals surface area contributed by atoms with E-state index in [1.165, 1.54) is 11.8 Å². The molecule has 2 amide bonds. The van der Waals surface area contributed by atoms with Crippen LogP contribution in [0.15, 0.2) is 53.6 Å². The molecule has 7 nitrogen and oxygen atoms in total. The molecule has 0 aliphatic heterocycles. The van der Waals surface area contributed by atoms with Gasteiger partial charge in [-0.25, -0.2) is 5.43 Å². The van der Waals surface area contributed by atoms with Gasteiger partial charge in [-0.3, -0.25) is 9.59 Å². The molecule has 0 aromatic heterocycles. The van der Waals surface area contributed by atoms with Crippen molar-refractivity contribution >= 4 is 18.0 Å². The van der Waals surface area contributed by atoms with Crippen molar-refractivity contribution in [1.82, 2.24) is 10.7 Å². The summed E-state index contributed by atoms with van der Waals surface area (Å²) in [6, 6.07) is 15.4. The van der Waals surface area contributed by atoms with Crippen molar-refractivity contribution in [3.8, 4) is 5.75 Å². The van der Waals surface area contributed by atoms with Gasteiger partial charge in [0.25, 0.3) is 0 Å². The number of nitrogens with zero attached hydrogens (tertiary/aromatic N) is 1. The van der Waals surface area contributed by atoms with Crippen LogP contribution in [0, 0.1) is 6.92 Å². The molecule has 0 atom stereocenters. The van der Waals surface area contributed by atoms with E-state index in [9.17, 15) is 9.59 Å². The van der Waals surface area contributed by atoms with Gasteiger partial charge in [0.15, 0.2) is 0 Å². The highest BCUT2D eigenvalue weighted by Crippen LogP contribution is 2.14. The van der Waals surface area contributed by atoms with Crippen LogP contribution in [0.1, 0.15) is 23.1 Å². The predicted octanol–water partition coefficient (Wildman–Crippen LogP) is 2.18. The maximum atomic E-state index is 11.7. The summed E-state index contributed by atoms with van der Waals surface area (Å²) in [5.74, 6) is -0.865. The standard InChI is InChI=1S/C21H25N3O4/c1-16-7-9-17(10-8-16)15-28-19-6-3-5-18(13-19)14-23-24-21(26)20(25)22-11-4-12-27-2/h3,5-10,13-14H,4,11-12,15H2,1-2H3,(H,22,25)(H,24,26)/b23-14-. The minimum absolute atomic E-state index is 0.365. The van der Waals surface area contributed by atoms with E-state index in [4.69, 9.17) is 9.47 Å². The number of carbonyl (C=O) groups is 2. The van der Waals surface area contributed by atoms with Crippen molar-refractivity contribution in [2.24, 2.45) is 5.10 Å². The predicted molar refractivity (Wildman–Crippen MR) is 107 cm³/mol. The fourth-order valence-corrected chi connectivity index (χ4v) is 2.25. The molecule has 0 aliphatic rings. The van der Waals surface area contributed by atoms with Gasteiger partial charge in [-0.05, 0) is 36.6 Å². The molecule has 0 fully saturated rings. The van der Waals surface area contributed by atoms with Crippen molar-refractivity contribution in [2.75, 3.05) is 20.3 Å². The quantitative estimate of drug-likeness (QED) is 0.301. The second-order valence-electron chi connectivity index (χ2n) is 6.15. The fourth-order valence-electron chi connectivity index (χ4n) is 2.25. The van der Waals surface area contributed by atoms with Crippen molar-refractivity contribution < 1.29 is 19.1 Å². The van der Waals surface area contributed by atoms with E-state index in [0.29, 0.717) is 31.9 Å². The molecule has 0 bridgehead atoms. The molecule has 2 aromatic rings. The zero-order chi connectivity index (χ0) is 20.2. The monoisotopic (exact) mass is 383 g/mol. The Morgan fingerprint density at radius 1 is 1.11 bits per heavy atom. The fraction of sp³-hybridized carbons (Fsp3) is 0.286. The third-order valence-corrected chi connectivity index (χ3v) is 3.78. The van der Waals surface area contributed by atoms with Crippen LogP contribution in [0.3, 0.4) is 0 Å². The summed E-state index contributed by atoms with van der Waals surface area (Å²) in [5, 5.41) is 6.30. The second-order valence-corrected chi connectivity index (χ2v) is 6.15. The minimum Gasteiger partial charge on any atom is -0.489 e. The van der Waals surface area contributed by atoms with Crippen LogP contribution >= 0.6 is 0 Å². The Labute approximate surface area is 164 Å². The third kappa shape index (κ3) is 7.59. The van der Waals surface area contributed by atoms with Crippen LogP contribution in [-0.2, 0) is 20.9 Å². The molecule has 28 heavy (non-hydrogen) atoms. The summed E-state index contributed by atoms with van der Waals surface area (Å²) >= 11 is 0. The minimum atomic E-state index is -0.819. The van der Waals surface area contributed by atoms with Crippen LogP contribution in [0.2, 0.25) is 0 Å². The molecule has 0 radical (unpaired) electrons. The Kier molecular flexibility index (Phi) is 8.68. The SMILES string of the molecule is COCCCNC(=O)C(=O)N/N=C\c1cccc(OCc2ccc(C)cc2)c1. The van der Waals surface area contributed by atoms with Gasteiger partial charge in [0.2, 0.25) is 0 Å². The maximum absolute atomic E-state index is 11.7. The number of rotatable bonds is 9. The van der Waals surface area contributed by atoms with E-state index < -0.39 is 11.8 Å². The molecule has 2 N–H and O–H groups in total. The number of carbonyl (C=O) groups excluding carboxylic acids is 2. The molecule has 0 spiro atoms. The number of hydrazone groups is 1. The molecule has 2 aromatic carbocycles. The van der Waals surface area contributed by atoms with Crippen LogP contribution in [0.4, 0.5) is 0 Å². The zero-order valence-electron chi connectivity index (χ0n) is 16.1. The Bertz CT molecular complexity index is 804. The number of nitrogens with one attached hydrogen (secondary N) is 2. The van der Waals surface area contributed by atoms with Crippen molar-refractivity contribution in [3.63, 3.8) is 0 Å². The molecule has 0 saturated carbocycles. The van der Waals surface area contributed by atoms with Gasteiger partial charge in [-0.2, -0.15) is 5.10 Å². The molecule has 0 unspecified atom stereocenters. The lowest BCUT2D eigenvalue weighted by Gasteiger charge is -2.07. The summed E-state index contributed by atoms with van der Waals surface area (Å²) in [4.78, 5) is 23.2. The second kappa shape index (κ2) is 11.5. The van der Waals surface area contributed by atoms with E-state index in [1.807, 2.05) is 49.4 Å². The van der Waals surface area contributed by atoms with E-state index in [1.54, 1.807) is 13.2 Å². The number of benzene rings is 2. The lowest BCUT2D eigenvalue weighted by molar-refractivity contribution is -0.139. The van der Waals surface area contributed by atoms with E-state index in [2.05, 4.69) is 15.8 Å². The average Bonchev–Trinajstić information content (AvgIpc) is 2.71. The number of methoxy groups -OCH3 is 1. The summed E-state index contributed by atoms with van der Waals surface area (Å²) in [5.41, 5.74) is 5.22. The average molecular weight is 383 g/mol. The first kappa shape index (κ1) is 21.1. The highest BCUT2D eigenvalue weighted by atomic mass is 16.5. The van der Waals surface area contributed by atoms with Crippen LogP contribution in [0.25, 0.3) is 0 Å².